The topological polar surface area (TPSA) is 81.7 Å². The second kappa shape index (κ2) is 10.3. The van der Waals surface area contributed by atoms with Gasteiger partial charge in [0.25, 0.3) is 0 Å². The van der Waals surface area contributed by atoms with E-state index < -0.39 is 16.0 Å². The average Bonchev–Trinajstić information content (AvgIpc) is 2.89. The molecule has 1 N–H and O–H groups in total. The minimum Gasteiger partial charge on any atom is -0.497 e. The number of esters is 1. The molecule has 0 unspecified atom stereocenters. The molecule has 0 saturated heterocycles. The maximum absolute atomic E-state index is 12.7. The molecule has 0 saturated carbocycles. The molecule has 0 bridgehead atoms. The Hall–Kier alpha value is -3.94. The molecule has 0 fully saturated rings. The van der Waals surface area contributed by atoms with Crippen molar-refractivity contribution in [3.8, 4) is 22.6 Å². The number of hydrogen-bond donors (Lipinski definition) is 1. The van der Waals surface area contributed by atoms with Crippen LogP contribution in [0.4, 0.5) is 0 Å². The molecule has 172 valence electrons. The maximum atomic E-state index is 12.7. The first kappa shape index (κ1) is 23.2. The second-order valence-corrected chi connectivity index (χ2v) is 9.24. The Balaban J connectivity index is 1.39. The van der Waals surface area contributed by atoms with Crippen LogP contribution in [-0.4, -0.2) is 21.5 Å². The number of carbonyl (C=O) groups excluding carboxylic acids is 1. The van der Waals surface area contributed by atoms with Crippen molar-refractivity contribution in [3.05, 3.63) is 114 Å². The van der Waals surface area contributed by atoms with Crippen molar-refractivity contribution in [1.82, 2.24) is 4.72 Å². The van der Waals surface area contributed by atoms with Crippen LogP contribution in [0, 0.1) is 0 Å². The molecule has 0 atom stereocenters. The van der Waals surface area contributed by atoms with Crippen LogP contribution in [0.3, 0.4) is 0 Å². The summed E-state index contributed by atoms with van der Waals surface area (Å²) in [6.07, 6.45) is 0. The normalized spacial score (nSPS) is 11.1. The lowest BCUT2D eigenvalue weighted by Crippen LogP contribution is -2.23. The van der Waals surface area contributed by atoms with Crippen molar-refractivity contribution in [3.63, 3.8) is 0 Å². The van der Waals surface area contributed by atoms with E-state index in [0.717, 1.165) is 16.7 Å². The van der Waals surface area contributed by atoms with Crippen molar-refractivity contribution >= 4 is 16.0 Å². The van der Waals surface area contributed by atoms with E-state index in [1.165, 1.54) is 0 Å². The number of benzene rings is 4. The highest BCUT2D eigenvalue weighted by Crippen LogP contribution is 2.24. The molecule has 0 heterocycles. The van der Waals surface area contributed by atoms with Crippen LogP contribution in [0.15, 0.2) is 108 Å². The molecule has 0 radical (unpaired) electrons. The summed E-state index contributed by atoms with van der Waals surface area (Å²) in [5.41, 5.74) is 3.02. The fourth-order valence-corrected chi connectivity index (χ4v) is 4.30. The zero-order valence-corrected chi connectivity index (χ0v) is 19.3. The van der Waals surface area contributed by atoms with Gasteiger partial charge < -0.3 is 9.47 Å². The number of ether oxygens (including phenoxy) is 2. The molecule has 4 aromatic carbocycles. The van der Waals surface area contributed by atoms with Gasteiger partial charge in [-0.3, -0.25) is 0 Å². The van der Waals surface area contributed by atoms with Crippen LogP contribution in [0.5, 0.6) is 11.5 Å². The Morgan fingerprint density at radius 3 is 1.88 bits per heavy atom. The minimum atomic E-state index is -3.66. The molecule has 0 aromatic heterocycles. The van der Waals surface area contributed by atoms with Gasteiger partial charge in [-0.05, 0) is 65.2 Å². The van der Waals surface area contributed by atoms with E-state index in [2.05, 4.69) is 4.72 Å². The molecule has 0 aliphatic rings. The average molecular weight is 474 g/mol. The Morgan fingerprint density at radius 1 is 0.735 bits per heavy atom. The van der Waals surface area contributed by atoms with Gasteiger partial charge in [-0.1, -0.05) is 54.6 Å². The van der Waals surface area contributed by atoms with Crippen LogP contribution in [0.1, 0.15) is 15.9 Å². The summed E-state index contributed by atoms with van der Waals surface area (Å²) in [5.74, 6) is 0.717. The standard InChI is InChI=1S/C27H23NO5S/c1-32-24-13-7-20(8-14-24)19-28-34(30,31)26-17-11-22(12-18-26)21-9-15-25(16-10-21)33-27(29)23-5-3-2-4-6-23/h2-18,28H,19H2,1H3. The van der Waals surface area contributed by atoms with Gasteiger partial charge in [0.05, 0.1) is 17.6 Å². The summed E-state index contributed by atoms with van der Waals surface area (Å²) < 4.78 is 38.4. The fourth-order valence-electron chi connectivity index (χ4n) is 3.29. The van der Waals surface area contributed by atoms with E-state index >= 15 is 0 Å². The van der Waals surface area contributed by atoms with Gasteiger partial charge in [-0.2, -0.15) is 0 Å². The Labute approximate surface area is 198 Å². The van der Waals surface area contributed by atoms with E-state index in [-0.39, 0.29) is 11.4 Å². The molecule has 34 heavy (non-hydrogen) atoms. The summed E-state index contributed by atoms with van der Waals surface area (Å²) in [7, 11) is -2.08. The van der Waals surface area contributed by atoms with Crippen LogP contribution < -0.4 is 14.2 Å². The van der Waals surface area contributed by atoms with Crippen molar-refractivity contribution in [1.29, 1.82) is 0 Å². The highest BCUT2D eigenvalue weighted by molar-refractivity contribution is 7.89. The number of rotatable bonds is 8. The lowest BCUT2D eigenvalue weighted by molar-refractivity contribution is 0.0734. The predicted octanol–water partition coefficient (Wildman–Crippen LogP) is 5.06. The van der Waals surface area contributed by atoms with Crippen molar-refractivity contribution in [2.24, 2.45) is 0 Å². The zero-order valence-electron chi connectivity index (χ0n) is 18.5. The second-order valence-electron chi connectivity index (χ2n) is 7.48. The van der Waals surface area contributed by atoms with Crippen LogP contribution in [0.25, 0.3) is 11.1 Å². The summed E-state index contributed by atoms with van der Waals surface area (Å²) in [6.45, 7) is 0.178. The third-order valence-corrected chi connectivity index (χ3v) is 6.61. The zero-order chi connectivity index (χ0) is 24.0. The van der Waals surface area contributed by atoms with Gasteiger partial charge in [-0.25, -0.2) is 17.9 Å². The molecular weight excluding hydrogens is 450 g/mol. The van der Waals surface area contributed by atoms with Crippen LogP contribution in [-0.2, 0) is 16.6 Å². The first-order valence-corrected chi connectivity index (χ1v) is 12.0. The molecular formula is C27H23NO5S. The summed E-state index contributed by atoms with van der Waals surface area (Å²) in [6, 6.07) is 29.6. The number of sulfonamides is 1. The van der Waals surface area contributed by atoms with E-state index in [9.17, 15) is 13.2 Å². The molecule has 4 aromatic rings. The lowest BCUT2D eigenvalue weighted by Gasteiger charge is -2.09. The van der Waals surface area contributed by atoms with E-state index in [4.69, 9.17) is 9.47 Å². The number of hydrogen-bond acceptors (Lipinski definition) is 5. The highest BCUT2D eigenvalue weighted by atomic mass is 32.2. The smallest absolute Gasteiger partial charge is 0.343 e. The van der Waals surface area contributed by atoms with E-state index in [0.29, 0.717) is 17.1 Å². The van der Waals surface area contributed by atoms with Gasteiger partial charge in [0.1, 0.15) is 11.5 Å². The molecule has 6 nitrogen and oxygen atoms in total. The third-order valence-electron chi connectivity index (χ3n) is 5.20. The van der Waals surface area contributed by atoms with Gasteiger partial charge >= 0.3 is 5.97 Å². The van der Waals surface area contributed by atoms with E-state index in [1.807, 2.05) is 30.3 Å². The summed E-state index contributed by atoms with van der Waals surface area (Å²) in [5, 5.41) is 0. The molecule has 0 amide bonds. The fraction of sp³-hybridized carbons (Fsp3) is 0.0741. The molecule has 4 rings (SSSR count). The Bertz CT molecular complexity index is 1350. The van der Waals surface area contributed by atoms with Crippen molar-refractivity contribution < 1.29 is 22.7 Å². The van der Waals surface area contributed by atoms with Crippen molar-refractivity contribution in [2.45, 2.75) is 11.4 Å². The van der Waals surface area contributed by atoms with Gasteiger partial charge in [-0.15, -0.1) is 0 Å². The monoisotopic (exact) mass is 473 g/mol. The predicted molar refractivity (Wildman–Crippen MR) is 130 cm³/mol. The lowest BCUT2D eigenvalue weighted by atomic mass is 10.1. The number of nitrogens with one attached hydrogen (secondary N) is 1. The quantitative estimate of drug-likeness (QED) is 0.286. The molecule has 7 heteroatoms. The van der Waals surface area contributed by atoms with Gasteiger partial charge in [0.2, 0.25) is 10.0 Å². The Kier molecular flexibility index (Phi) is 7.06. The molecule has 0 aliphatic carbocycles. The minimum absolute atomic E-state index is 0.178. The van der Waals surface area contributed by atoms with Gasteiger partial charge in [0.15, 0.2) is 0 Å². The van der Waals surface area contributed by atoms with Crippen molar-refractivity contribution in [2.75, 3.05) is 7.11 Å². The van der Waals surface area contributed by atoms with E-state index in [1.54, 1.807) is 79.9 Å². The first-order valence-electron chi connectivity index (χ1n) is 10.5. The molecule has 0 spiro atoms. The van der Waals surface area contributed by atoms with Gasteiger partial charge in [0, 0.05) is 6.54 Å². The Morgan fingerprint density at radius 2 is 1.29 bits per heavy atom. The molecule has 0 aliphatic heterocycles. The SMILES string of the molecule is COc1ccc(CNS(=O)(=O)c2ccc(-c3ccc(OC(=O)c4ccccc4)cc3)cc2)cc1. The third kappa shape index (κ3) is 5.70. The summed E-state index contributed by atoms with van der Waals surface area (Å²) in [4.78, 5) is 12.4. The summed E-state index contributed by atoms with van der Waals surface area (Å²) >= 11 is 0. The van der Waals surface area contributed by atoms with Crippen LogP contribution in [0.2, 0.25) is 0 Å². The highest BCUT2D eigenvalue weighted by Gasteiger charge is 2.14. The largest absolute Gasteiger partial charge is 0.497 e. The number of methoxy groups -OCH3 is 1. The van der Waals surface area contributed by atoms with Crippen LogP contribution >= 0.6 is 0 Å². The first-order chi connectivity index (χ1) is 16.4. The number of carbonyl (C=O) groups is 1. The maximum Gasteiger partial charge on any atom is 0.343 e.